The molecule has 136 valence electrons. The first kappa shape index (κ1) is 17.1. The maximum atomic E-state index is 10.9. The van der Waals surface area contributed by atoms with E-state index in [1.807, 2.05) is 0 Å². The smallest absolute Gasteiger partial charge is 0.269 e. The van der Waals surface area contributed by atoms with Gasteiger partial charge in [0.2, 0.25) is 33.1 Å². The molecule has 1 aromatic carbocycles. The second-order valence-corrected chi connectivity index (χ2v) is 6.37. The number of benzene rings is 1. The van der Waals surface area contributed by atoms with Crippen LogP contribution in [0.2, 0.25) is 0 Å². The van der Waals surface area contributed by atoms with E-state index >= 15 is 0 Å². The lowest BCUT2D eigenvalue weighted by Crippen LogP contribution is -2.16. The van der Waals surface area contributed by atoms with Gasteiger partial charge in [0.25, 0.3) is 5.69 Å². The maximum Gasteiger partial charge on any atom is 0.269 e. The Bertz CT molecular complexity index is 1140. The second-order valence-electron chi connectivity index (χ2n) is 5.60. The Morgan fingerprint density at radius 1 is 1.00 bits per heavy atom. The fourth-order valence-corrected chi connectivity index (χ4v) is 3.31. The van der Waals surface area contributed by atoms with Gasteiger partial charge in [-0.2, -0.15) is 9.97 Å². The largest absolute Gasteiger partial charge is 0.493 e. The molecule has 12 heteroatoms. The number of nitro groups is 1. The third kappa shape index (κ3) is 2.80. The van der Waals surface area contributed by atoms with Crippen LogP contribution in [0, 0.1) is 19.7 Å². The molecule has 1 aliphatic rings. The van der Waals surface area contributed by atoms with Crippen LogP contribution in [-0.2, 0) is 0 Å². The molecule has 0 amide bonds. The van der Waals surface area contributed by atoms with Crippen molar-refractivity contribution in [1.82, 2.24) is 19.9 Å². The van der Waals surface area contributed by atoms with Crippen molar-refractivity contribution < 1.29 is 19.9 Å². The Kier molecular flexibility index (Phi) is 3.86. The van der Waals surface area contributed by atoms with E-state index in [1.165, 1.54) is 24.3 Å². The molecule has 0 fully saturated rings. The normalized spacial score (nSPS) is 12.7. The van der Waals surface area contributed by atoms with Crippen LogP contribution in [0.4, 0.5) is 5.69 Å². The van der Waals surface area contributed by atoms with Crippen LogP contribution in [0.1, 0.15) is 22.6 Å². The Morgan fingerprint density at radius 2 is 1.48 bits per heavy atom. The van der Waals surface area contributed by atoms with Crippen molar-refractivity contribution in [3.63, 3.8) is 0 Å². The third-order valence-corrected chi connectivity index (χ3v) is 4.43. The summed E-state index contributed by atoms with van der Waals surface area (Å²) in [4.78, 5) is 23.5. The molecule has 3 aromatic rings. The molecule has 2 aromatic heterocycles. The number of nitrogens with zero attached hydrogens (tertiary/aromatic N) is 3. The second kappa shape index (κ2) is 6.10. The zero-order chi connectivity index (χ0) is 19.3. The molecule has 0 saturated carbocycles. The summed E-state index contributed by atoms with van der Waals surface area (Å²) in [7, 11) is 0. The van der Waals surface area contributed by atoms with Crippen molar-refractivity contribution in [2.75, 3.05) is 0 Å². The number of rotatable bonds is 2. The molecule has 4 rings (SSSR count). The Balaban J connectivity index is 2.02. The van der Waals surface area contributed by atoms with Crippen LogP contribution in [0.5, 0.6) is 23.5 Å². The quantitative estimate of drug-likeness (QED) is 0.225. The Labute approximate surface area is 160 Å². The standard InChI is InChI=1S/C15H9N5O5S2/c21-10-8-7(5-1-3-6(4-2-5)20(23)24)9-11(22)17-15(27)19-13(9)25-12(8)18-14(26)16-10/h1-4,7H,(H2,16,18,21,26)(H2,17,19,22,27). The van der Waals surface area contributed by atoms with E-state index in [9.17, 15) is 20.3 Å². The van der Waals surface area contributed by atoms with Gasteiger partial charge in [-0.3, -0.25) is 10.1 Å². The van der Waals surface area contributed by atoms with Gasteiger partial charge in [0.05, 0.1) is 22.0 Å². The van der Waals surface area contributed by atoms with Gasteiger partial charge in [-0.25, -0.2) is 0 Å². The summed E-state index contributed by atoms with van der Waals surface area (Å²) in [5.41, 5.74) is 0.827. The van der Waals surface area contributed by atoms with Crippen LogP contribution >= 0.6 is 24.4 Å². The number of aromatic amines is 2. The molecule has 1 aliphatic heterocycles. The van der Waals surface area contributed by atoms with E-state index in [0.29, 0.717) is 5.56 Å². The molecule has 4 N–H and O–H groups in total. The van der Waals surface area contributed by atoms with E-state index in [4.69, 9.17) is 29.2 Å². The molecule has 0 aliphatic carbocycles. The number of hydrogen-bond acceptors (Lipinski definition) is 9. The van der Waals surface area contributed by atoms with Crippen molar-refractivity contribution in [3.8, 4) is 23.5 Å². The number of nitro benzene ring substituents is 1. The van der Waals surface area contributed by atoms with Gasteiger partial charge in [-0.05, 0) is 30.0 Å². The summed E-state index contributed by atoms with van der Waals surface area (Å²) in [5, 5.41) is 31.6. The summed E-state index contributed by atoms with van der Waals surface area (Å²) >= 11 is 9.92. The highest BCUT2D eigenvalue weighted by Crippen LogP contribution is 2.50. The molecule has 0 atom stereocenters. The number of H-pyrrole nitrogens is 2. The minimum atomic E-state index is -0.789. The van der Waals surface area contributed by atoms with Gasteiger partial charge < -0.3 is 24.9 Å². The van der Waals surface area contributed by atoms with E-state index < -0.39 is 22.6 Å². The first-order chi connectivity index (χ1) is 12.8. The molecule has 27 heavy (non-hydrogen) atoms. The van der Waals surface area contributed by atoms with Crippen LogP contribution in [0.25, 0.3) is 0 Å². The Morgan fingerprint density at radius 3 is 1.93 bits per heavy atom. The number of hydrogen-bond donors (Lipinski definition) is 4. The lowest BCUT2D eigenvalue weighted by Gasteiger charge is -2.27. The summed E-state index contributed by atoms with van der Waals surface area (Å²) in [6.45, 7) is 0. The van der Waals surface area contributed by atoms with E-state index in [1.54, 1.807) is 0 Å². The van der Waals surface area contributed by atoms with Crippen LogP contribution in [0.3, 0.4) is 0 Å². The fraction of sp³-hybridized carbons (Fsp3) is 0.0667. The topological polar surface area (TPSA) is 150 Å². The highest BCUT2D eigenvalue weighted by atomic mass is 32.1. The van der Waals surface area contributed by atoms with Crippen LogP contribution in [-0.4, -0.2) is 35.1 Å². The van der Waals surface area contributed by atoms with Crippen molar-refractivity contribution in [2.24, 2.45) is 0 Å². The number of aromatic hydroxyl groups is 2. The molecule has 0 unspecified atom stereocenters. The lowest BCUT2D eigenvalue weighted by atomic mass is 9.85. The van der Waals surface area contributed by atoms with Crippen LogP contribution < -0.4 is 4.74 Å². The number of ether oxygens (including phenoxy) is 1. The van der Waals surface area contributed by atoms with Crippen LogP contribution in [0.15, 0.2) is 24.3 Å². The zero-order valence-corrected chi connectivity index (χ0v) is 14.8. The van der Waals surface area contributed by atoms with Gasteiger partial charge in [-0.15, -0.1) is 0 Å². The summed E-state index contributed by atoms with van der Waals surface area (Å²) in [6.07, 6.45) is 0. The van der Waals surface area contributed by atoms with Gasteiger partial charge in [0, 0.05) is 12.1 Å². The molecule has 0 saturated heterocycles. The predicted octanol–water partition coefficient (Wildman–Crippen LogP) is 3.20. The molecule has 0 spiro atoms. The van der Waals surface area contributed by atoms with Gasteiger partial charge in [-0.1, -0.05) is 12.1 Å². The molecule has 0 bridgehead atoms. The average Bonchev–Trinajstić information content (AvgIpc) is 2.59. The summed E-state index contributed by atoms with van der Waals surface area (Å²) in [6, 6.07) is 5.64. The van der Waals surface area contributed by atoms with Crippen molar-refractivity contribution >= 4 is 30.1 Å². The highest BCUT2D eigenvalue weighted by molar-refractivity contribution is 7.71. The zero-order valence-electron chi connectivity index (χ0n) is 13.2. The minimum absolute atomic E-state index is 0.00553. The van der Waals surface area contributed by atoms with Crippen molar-refractivity contribution in [1.29, 1.82) is 0 Å². The first-order valence-corrected chi connectivity index (χ1v) is 8.25. The van der Waals surface area contributed by atoms with Gasteiger partial charge in [0.15, 0.2) is 0 Å². The molecule has 3 heterocycles. The first-order valence-electron chi connectivity index (χ1n) is 7.43. The van der Waals surface area contributed by atoms with Crippen molar-refractivity contribution in [3.05, 3.63) is 60.6 Å². The number of fused-ring (bicyclic) bond motifs is 2. The van der Waals surface area contributed by atoms with Gasteiger partial charge in [0.1, 0.15) is 0 Å². The monoisotopic (exact) mass is 403 g/mol. The number of aromatic nitrogens is 4. The molecular weight excluding hydrogens is 394 g/mol. The third-order valence-electron chi connectivity index (χ3n) is 4.05. The summed E-state index contributed by atoms with van der Waals surface area (Å²) < 4.78 is 5.65. The summed E-state index contributed by atoms with van der Waals surface area (Å²) in [5.74, 6) is -1.36. The predicted molar refractivity (Wildman–Crippen MR) is 96.3 cm³/mol. The highest BCUT2D eigenvalue weighted by Gasteiger charge is 2.36. The van der Waals surface area contributed by atoms with E-state index in [2.05, 4.69) is 19.9 Å². The Hall–Kier alpha value is -3.38. The average molecular weight is 403 g/mol. The van der Waals surface area contributed by atoms with E-state index in [-0.39, 0.29) is 38.1 Å². The van der Waals surface area contributed by atoms with Crippen molar-refractivity contribution in [2.45, 2.75) is 5.92 Å². The van der Waals surface area contributed by atoms with E-state index in [0.717, 1.165) is 0 Å². The fourth-order valence-electron chi connectivity index (χ4n) is 2.95. The lowest BCUT2D eigenvalue weighted by molar-refractivity contribution is -0.384. The SMILES string of the molecule is O=[N+]([O-])c1ccc(C2c3c(O)nc(=S)[nH]c3Oc3[nH]c(=S)nc(O)c32)cc1. The van der Waals surface area contributed by atoms with Gasteiger partial charge >= 0.3 is 0 Å². The minimum Gasteiger partial charge on any atom is -0.493 e. The molecule has 0 radical (unpaired) electrons. The number of non-ortho nitro benzene ring substituents is 1. The molecular formula is C15H9N5O5S2. The maximum absolute atomic E-state index is 10.9. The molecule has 10 nitrogen and oxygen atoms in total. The number of nitrogens with one attached hydrogen (secondary N) is 2.